The molecule has 1 aromatic carbocycles. The van der Waals surface area contributed by atoms with Crippen LogP contribution in [0.4, 0.5) is 0 Å². The van der Waals surface area contributed by atoms with E-state index in [2.05, 4.69) is 12.6 Å². The molecule has 0 N–H and O–H groups in total. The zero-order valence-electron chi connectivity index (χ0n) is 12.4. The van der Waals surface area contributed by atoms with E-state index >= 15 is 0 Å². The van der Waals surface area contributed by atoms with Gasteiger partial charge in [0.05, 0.1) is 0 Å². The summed E-state index contributed by atoms with van der Waals surface area (Å²) in [6.07, 6.45) is -0.247. The third-order valence-electron chi connectivity index (χ3n) is 3.14. The van der Waals surface area contributed by atoms with Crippen molar-refractivity contribution in [3.05, 3.63) is 35.4 Å². The molecule has 20 heavy (non-hydrogen) atoms. The number of hydrogen-bond donors (Lipinski definition) is 1. The van der Waals surface area contributed by atoms with Crippen LogP contribution in [0.1, 0.15) is 43.6 Å². The number of esters is 1. The van der Waals surface area contributed by atoms with Crippen molar-refractivity contribution < 1.29 is 14.3 Å². The van der Waals surface area contributed by atoms with Crippen molar-refractivity contribution in [1.82, 2.24) is 0 Å². The van der Waals surface area contributed by atoms with Gasteiger partial charge in [-0.15, -0.1) is 0 Å². The highest BCUT2D eigenvalue weighted by Crippen LogP contribution is 2.17. The topological polar surface area (TPSA) is 43.4 Å². The Hall–Kier alpha value is -1.29. The summed E-state index contributed by atoms with van der Waals surface area (Å²) in [5, 5.41) is 0. The minimum atomic E-state index is -0.781. The summed E-state index contributed by atoms with van der Waals surface area (Å²) in [6, 6.07) is 6.84. The van der Waals surface area contributed by atoms with Crippen molar-refractivity contribution >= 4 is 24.4 Å². The molecule has 3 nitrogen and oxygen atoms in total. The van der Waals surface area contributed by atoms with E-state index in [1.165, 1.54) is 0 Å². The van der Waals surface area contributed by atoms with Crippen molar-refractivity contribution in [2.24, 2.45) is 11.8 Å². The van der Waals surface area contributed by atoms with Gasteiger partial charge in [0.15, 0.2) is 0 Å². The summed E-state index contributed by atoms with van der Waals surface area (Å²) < 4.78 is 5.34. The zero-order valence-corrected chi connectivity index (χ0v) is 13.3. The van der Waals surface area contributed by atoms with Gasteiger partial charge in [0.1, 0.15) is 6.10 Å². The van der Waals surface area contributed by atoms with E-state index in [0.717, 1.165) is 5.56 Å². The smallest absolute Gasteiger partial charge is 0.379 e. The maximum absolute atomic E-state index is 12.0. The molecular weight excluding hydrogens is 272 g/mol. The summed E-state index contributed by atoms with van der Waals surface area (Å²) in [4.78, 5) is 24.0. The number of thiol groups is 1. The first-order valence-corrected chi connectivity index (χ1v) is 7.45. The molecule has 0 aliphatic heterocycles. The Bertz CT molecular complexity index is 455. The fourth-order valence-corrected chi connectivity index (χ4v) is 2.31. The monoisotopic (exact) mass is 294 g/mol. The van der Waals surface area contributed by atoms with Gasteiger partial charge in [-0.25, -0.2) is 4.79 Å². The van der Waals surface area contributed by atoms with Crippen LogP contribution in [0.2, 0.25) is 0 Å². The standard InChI is InChI=1S/C16H22O3S/c1-10(2)15(11(3)4)19-16(18)14(17)13-7-5-12(9-20)6-8-13/h5-8,10-11,15,20H,9H2,1-4H3. The molecule has 0 saturated carbocycles. The fraction of sp³-hybridized carbons (Fsp3) is 0.500. The van der Waals surface area contributed by atoms with E-state index in [1.807, 2.05) is 27.7 Å². The van der Waals surface area contributed by atoms with Crippen molar-refractivity contribution in [1.29, 1.82) is 0 Å². The summed E-state index contributed by atoms with van der Waals surface area (Å²) in [5.41, 5.74) is 1.35. The Balaban J connectivity index is 2.77. The van der Waals surface area contributed by atoms with Gasteiger partial charge < -0.3 is 4.74 Å². The van der Waals surface area contributed by atoms with E-state index in [1.54, 1.807) is 24.3 Å². The zero-order chi connectivity index (χ0) is 15.3. The Morgan fingerprint density at radius 2 is 1.55 bits per heavy atom. The second-order valence-corrected chi connectivity index (χ2v) is 5.86. The third kappa shape index (κ3) is 4.37. The van der Waals surface area contributed by atoms with Crippen LogP contribution in [-0.4, -0.2) is 17.9 Å². The van der Waals surface area contributed by atoms with Crippen LogP contribution < -0.4 is 0 Å². The third-order valence-corrected chi connectivity index (χ3v) is 3.51. The number of ether oxygens (including phenoxy) is 1. The second kappa shape index (κ2) is 7.48. The van der Waals surface area contributed by atoms with Crippen LogP contribution in [0.25, 0.3) is 0 Å². The summed E-state index contributed by atoms with van der Waals surface area (Å²) in [5.74, 6) is -0.420. The van der Waals surface area contributed by atoms with Crippen LogP contribution in [0, 0.1) is 11.8 Å². The molecule has 0 aliphatic rings. The molecule has 0 aromatic heterocycles. The SMILES string of the molecule is CC(C)C(OC(=O)C(=O)c1ccc(CS)cc1)C(C)C. The predicted octanol–water partition coefficient (Wildman–Crippen LogP) is 3.52. The van der Waals surface area contributed by atoms with Crippen LogP contribution in [0.15, 0.2) is 24.3 Å². The van der Waals surface area contributed by atoms with E-state index < -0.39 is 11.8 Å². The van der Waals surface area contributed by atoms with Gasteiger partial charge in [-0.05, 0) is 17.4 Å². The van der Waals surface area contributed by atoms with E-state index in [0.29, 0.717) is 11.3 Å². The molecule has 0 aliphatic carbocycles. The summed E-state index contributed by atoms with van der Waals surface area (Å²) in [6.45, 7) is 7.90. The van der Waals surface area contributed by atoms with E-state index in [-0.39, 0.29) is 17.9 Å². The first-order chi connectivity index (χ1) is 9.36. The molecule has 0 fully saturated rings. The summed E-state index contributed by atoms with van der Waals surface area (Å²) in [7, 11) is 0. The van der Waals surface area contributed by atoms with E-state index in [4.69, 9.17) is 4.74 Å². The second-order valence-electron chi connectivity index (χ2n) is 5.54. The summed E-state index contributed by atoms with van der Waals surface area (Å²) >= 11 is 4.15. The Kier molecular flexibility index (Phi) is 6.27. The van der Waals surface area contributed by atoms with Crippen molar-refractivity contribution in [2.45, 2.75) is 39.6 Å². The largest absolute Gasteiger partial charge is 0.456 e. The number of ketones is 1. The lowest BCUT2D eigenvalue weighted by Crippen LogP contribution is -2.32. The van der Waals surface area contributed by atoms with Gasteiger partial charge in [0.2, 0.25) is 0 Å². The number of rotatable bonds is 6. The van der Waals surface area contributed by atoms with Gasteiger partial charge in [0.25, 0.3) is 5.78 Å². The highest BCUT2D eigenvalue weighted by atomic mass is 32.1. The van der Waals surface area contributed by atoms with Crippen molar-refractivity contribution in [2.75, 3.05) is 0 Å². The number of Topliss-reactive ketones (excluding diaryl/α,β-unsaturated/α-hetero) is 1. The lowest BCUT2D eigenvalue weighted by Gasteiger charge is -2.24. The molecule has 0 heterocycles. The molecule has 0 unspecified atom stereocenters. The average Bonchev–Trinajstić information content (AvgIpc) is 2.43. The molecule has 0 spiro atoms. The van der Waals surface area contributed by atoms with Gasteiger partial charge in [-0.3, -0.25) is 4.79 Å². The predicted molar refractivity (Wildman–Crippen MR) is 83.0 cm³/mol. The molecule has 0 amide bonds. The van der Waals surface area contributed by atoms with Crippen molar-refractivity contribution in [3.63, 3.8) is 0 Å². The average molecular weight is 294 g/mol. The minimum absolute atomic E-state index is 0.179. The van der Waals surface area contributed by atoms with Gasteiger partial charge in [-0.1, -0.05) is 52.0 Å². The quantitative estimate of drug-likeness (QED) is 0.378. The Morgan fingerprint density at radius 1 is 1.05 bits per heavy atom. The van der Waals surface area contributed by atoms with Crippen LogP contribution in [0.5, 0.6) is 0 Å². The molecule has 0 bridgehead atoms. The Morgan fingerprint density at radius 3 is 1.95 bits per heavy atom. The lowest BCUT2D eigenvalue weighted by molar-refractivity contribution is -0.148. The van der Waals surface area contributed by atoms with Crippen LogP contribution >= 0.6 is 12.6 Å². The van der Waals surface area contributed by atoms with Gasteiger partial charge >= 0.3 is 5.97 Å². The molecule has 0 atom stereocenters. The van der Waals surface area contributed by atoms with Crippen LogP contribution in [0.3, 0.4) is 0 Å². The highest BCUT2D eigenvalue weighted by molar-refractivity contribution is 7.79. The first-order valence-electron chi connectivity index (χ1n) is 6.82. The number of carbonyl (C=O) groups is 2. The number of carbonyl (C=O) groups excluding carboxylic acids is 2. The molecule has 1 rings (SSSR count). The van der Waals surface area contributed by atoms with Crippen molar-refractivity contribution in [3.8, 4) is 0 Å². The minimum Gasteiger partial charge on any atom is -0.456 e. The van der Waals surface area contributed by atoms with Gasteiger partial charge in [0, 0.05) is 11.3 Å². The molecule has 1 aromatic rings. The lowest BCUT2D eigenvalue weighted by atomic mass is 9.96. The highest BCUT2D eigenvalue weighted by Gasteiger charge is 2.26. The van der Waals surface area contributed by atoms with Crippen LogP contribution in [-0.2, 0) is 15.3 Å². The normalized spacial score (nSPS) is 11.2. The van der Waals surface area contributed by atoms with Gasteiger partial charge in [-0.2, -0.15) is 12.6 Å². The maximum atomic E-state index is 12.0. The number of hydrogen-bond acceptors (Lipinski definition) is 4. The molecular formula is C16H22O3S. The molecule has 4 heteroatoms. The maximum Gasteiger partial charge on any atom is 0.379 e. The fourth-order valence-electron chi connectivity index (χ4n) is 2.10. The molecule has 0 saturated heterocycles. The first kappa shape index (κ1) is 16.8. The Labute approximate surface area is 126 Å². The van der Waals surface area contributed by atoms with E-state index in [9.17, 15) is 9.59 Å². The molecule has 110 valence electrons. The molecule has 0 radical (unpaired) electrons. The number of benzene rings is 1.